The van der Waals surface area contributed by atoms with E-state index in [-0.39, 0.29) is 17.0 Å². The van der Waals surface area contributed by atoms with Gasteiger partial charge in [0, 0.05) is 18.4 Å². The summed E-state index contributed by atoms with van der Waals surface area (Å²) in [5.41, 5.74) is 1.16. The molecule has 30 heavy (non-hydrogen) atoms. The van der Waals surface area contributed by atoms with Gasteiger partial charge in [-0.1, -0.05) is 53.7 Å². The van der Waals surface area contributed by atoms with Crippen LogP contribution in [0.1, 0.15) is 86.5 Å². The molecule has 0 saturated heterocycles. The van der Waals surface area contributed by atoms with E-state index in [1.807, 2.05) is 0 Å². The van der Waals surface area contributed by atoms with Crippen LogP contribution < -0.4 is 0 Å². The Labute approximate surface area is 184 Å². The summed E-state index contributed by atoms with van der Waals surface area (Å²) in [6, 6.07) is 0. The van der Waals surface area contributed by atoms with Gasteiger partial charge in [0.1, 0.15) is 0 Å². The van der Waals surface area contributed by atoms with Crippen LogP contribution in [0.4, 0.5) is 0 Å². The maximum absolute atomic E-state index is 13.2. The number of carbonyl (C=O) groups excluding carboxylic acids is 2. The van der Waals surface area contributed by atoms with E-state index in [0.717, 1.165) is 17.9 Å². The van der Waals surface area contributed by atoms with E-state index in [4.69, 9.17) is 0 Å². The largest absolute Gasteiger partial charge is 0.295 e. The zero-order valence-corrected chi connectivity index (χ0v) is 20.0. The molecule has 0 aromatic rings. The van der Waals surface area contributed by atoms with Crippen molar-refractivity contribution in [3.8, 4) is 0 Å². The fourth-order valence-corrected chi connectivity index (χ4v) is 8.00. The lowest BCUT2D eigenvalue weighted by atomic mass is 9.46. The van der Waals surface area contributed by atoms with Crippen LogP contribution in [0.5, 0.6) is 0 Å². The first-order valence-electron chi connectivity index (χ1n) is 12.5. The minimum atomic E-state index is -0.0639. The van der Waals surface area contributed by atoms with Gasteiger partial charge >= 0.3 is 0 Å². The van der Waals surface area contributed by atoms with Gasteiger partial charge in [-0.3, -0.25) is 9.59 Å². The van der Waals surface area contributed by atoms with Gasteiger partial charge in [-0.2, -0.15) is 0 Å². The molecule has 0 N–H and O–H groups in total. The van der Waals surface area contributed by atoms with E-state index < -0.39 is 0 Å². The molecule has 3 fully saturated rings. The van der Waals surface area contributed by atoms with E-state index in [1.54, 1.807) is 6.08 Å². The second-order valence-corrected chi connectivity index (χ2v) is 12.0. The number of Topliss-reactive ketones (excluding diaryl/α,β-unsaturated/α-hetero) is 1. The van der Waals surface area contributed by atoms with Gasteiger partial charge in [0.25, 0.3) is 0 Å². The maximum Gasteiger partial charge on any atom is 0.159 e. The van der Waals surface area contributed by atoms with E-state index in [1.165, 1.54) is 25.7 Å². The van der Waals surface area contributed by atoms with E-state index in [9.17, 15) is 9.59 Å². The second-order valence-electron chi connectivity index (χ2n) is 12.0. The van der Waals surface area contributed by atoms with Crippen molar-refractivity contribution in [3.05, 3.63) is 23.8 Å². The molecule has 0 radical (unpaired) electrons. The third-order valence-corrected chi connectivity index (χ3v) is 10.3. The number of hydrogen-bond acceptors (Lipinski definition) is 2. The first kappa shape index (κ1) is 22.0. The summed E-state index contributed by atoms with van der Waals surface area (Å²) < 4.78 is 0. The molecule has 0 heterocycles. The molecule has 166 valence electrons. The van der Waals surface area contributed by atoms with Gasteiger partial charge in [-0.15, -0.1) is 0 Å². The molecule has 4 aliphatic carbocycles. The van der Waals surface area contributed by atoms with Gasteiger partial charge in [-0.25, -0.2) is 0 Å². The Bertz CT molecular complexity index is 774. The van der Waals surface area contributed by atoms with Crippen molar-refractivity contribution in [1.82, 2.24) is 0 Å². The molecular weight excluding hydrogens is 368 g/mol. The minimum Gasteiger partial charge on any atom is -0.295 e. The summed E-state index contributed by atoms with van der Waals surface area (Å²) in [5, 5.41) is 0. The molecule has 2 nitrogen and oxygen atoms in total. The molecule has 1 unspecified atom stereocenters. The second kappa shape index (κ2) is 7.75. The van der Waals surface area contributed by atoms with Crippen LogP contribution in [-0.4, -0.2) is 11.6 Å². The van der Waals surface area contributed by atoms with Crippen molar-refractivity contribution >= 4 is 11.6 Å². The Morgan fingerprint density at radius 3 is 2.40 bits per heavy atom. The summed E-state index contributed by atoms with van der Waals surface area (Å²) in [7, 11) is 0. The summed E-state index contributed by atoms with van der Waals surface area (Å²) in [6.45, 7) is 14.2. The molecule has 4 aliphatic rings. The van der Waals surface area contributed by atoms with Crippen molar-refractivity contribution in [2.45, 2.75) is 86.5 Å². The summed E-state index contributed by atoms with van der Waals surface area (Å²) in [6.07, 6.45) is 13.9. The molecule has 0 bridgehead atoms. The first-order valence-corrected chi connectivity index (χ1v) is 12.5. The van der Waals surface area contributed by atoms with Crippen LogP contribution in [0.25, 0.3) is 0 Å². The number of fused-ring (bicyclic) bond motifs is 5. The predicted molar refractivity (Wildman–Crippen MR) is 123 cm³/mol. The predicted octanol–water partition coefficient (Wildman–Crippen LogP) is 6.80. The quantitative estimate of drug-likeness (QED) is 0.478. The number of ketones is 2. The van der Waals surface area contributed by atoms with Crippen LogP contribution in [0.2, 0.25) is 0 Å². The highest BCUT2D eigenvalue weighted by atomic mass is 16.1. The average molecular weight is 411 g/mol. The fourth-order valence-electron chi connectivity index (χ4n) is 8.00. The fraction of sp³-hybridized carbons (Fsp3) is 0.786. The Morgan fingerprint density at radius 2 is 1.70 bits per heavy atom. The Kier molecular flexibility index (Phi) is 5.69. The summed E-state index contributed by atoms with van der Waals surface area (Å²) in [4.78, 5) is 25.2. The SMILES string of the molecule is CC(C)C(C)C=C[C@@H](C)[C@H]1CC[C@H]2[C@@H]3CC(=O)C4=CC(=O)CC[C@]4(C)[C@H]3CC[C@]12C. The molecule has 0 amide bonds. The average Bonchev–Trinajstić information content (AvgIpc) is 3.04. The molecule has 0 aromatic carbocycles. The maximum atomic E-state index is 13.2. The highest BCUT2D eigenvalue weighted by Crippen LogP contribution is 2.67. The first-order chi connectivity index (χ1) is 14.1. The van der Waals surface area contributed by atoms with Crippen LogP contribution >= 0.6 is 0 Å². The Hall–Kier alpha value is -1.18. The topological polar surface area (TPSA) is 34.1 Å². The molecule has 0 spiro atoms. The lowest BCUT2D eigenvalue weighted by Gasteiger charge is -2.57. The number of allylic oxidation sites excluding steroid dienone is 3. The van der Waals surface area contributed by atoms with Gasteiger partial charge < -0.3 is 0 Å². The Balaban J connectivity index is 1.57. The van der Waals surface area contributed by atoms with Crippen LogP contribution in [0.3, 0.4) is 0 Å². The number of carbonyl (C=O) groups is 2. The van der Waals surface area contributed by atoms with Gasteiger partial charge in [-0.05, 0) is 90.4 Å². The lowest BCUT2D eigenvalue weighted by molar-refractivity contribution is -0.131. The van der Waals surface area contributed by atoms with E-state index in [2.05, 4.69) is 53.7 Å². The molecule has 2 heteroatoms. The third kappa shape index (κ3) is 3.37. The summed E-state index contributed by atoms with van der Waals surface area (Å²) >= 11 is 0. The molecular formula is C28H42O2. The smallest absolute Gasteiger partial charge is 0.159 e. The lowest BCUT2D eigenvalue weighted by Crippen LogP contribution is -2.53. The Morgan fingerprint density at radius 1 is 0.967 bits per heavy atom. The molecule has 0 aliphatic heterocycles. The van der Waals surface area contributed by atoms with Crippen molar-refractivity contribution in [1.29, 1.82) is 0 Å². The van der Waals surface area contributed by atoms with Crippen LogP contribution in [0, 0.1) is 52.3 Å². The van der Waals surface area contributed by atoms with E-state index in [0.29, 0.717) is 53.8 Å². The zero-order valence-electron chi connectivity index (χ0n) is 20.0. The number of rotatable bonds is 4. The van der Waals surface area contributed by atoms with Gasteiger partial charge in [0.05, 0.1) is 0 Å². The molecule has 0 aromatic heterocycles. The van der Waals surface area contributed by atoms with Gasteiger partial charge in [0.2, 0.25) is 0 Å². The monoisotopic (exact) mass is 410 g/mol. The van der Waals surface area contributed by atoms with Crippen molar-refractivity contribution in [2.24, 2.45) is 52.3 Å². The standard InChI is InChI=1S/C28H42O2/c1-17(2)18(3)7-8-19(4)22-9-10-23-21-16-26(30)25-15-20(29)11-13-28(25,6)24(21)12-14-27(22,23)5/h7-8,15,17-19,21-24H,9-14,16H2,1-6H3/t18?,19-,21+,22-,23+,24+,27-,28-/m1/s1. The van der Waals surface area contributed by atoms with Crippen molar-refractivity contribution in [3.63, 3.8) is 0 Å². The normalized spacial score (nSPS) is 43.2. The van der Waals surface area contributed by atoms with Crippen LogP contribution in [-0.2, 0) is 9.59 Å². The molecule has 3 saturated carbocycles. The van der Waals surface area contributed by atoms with Crippen molar-refractivity contribution < 1.29 is 9.59 Å². The summed E-state index contributed by atoms with van der Waals surface area (Å²) in [5.74, 6) is 4.85. The molecule has 8 atom stereocenters. The third-order valence-electron chi connectivity index (χ3n) is 10.3. The highest BCUT2D eigenvalue weighted by molar-refractivity contribution is 6.05. The highest BCUT2D eigenvalue weighted by Gasteiger charge is 2.60. The van der Waals surface area contributed by atoms with Crippen LogP contribution in [0.15, 0.2) is 23.8 Å². The zero-order chi connectivity index (χ0) is 21.8. The van der Waals surface area contributed by atoms with Gasteiger partial charge in [0.15, 0.2) is 11.6 Å². The number of hydrogen-bond donors (Lipinski definition) is 0. The molecule has 4 rings (SSSR count). The van der Waals surface area contributed by atoms with Crippen molar-refractivity contribution in [2.75, 3.05) is 0 Å². The minimum absolute atomic E-state index is 0.0639. The van der Waals surface area contributed by atoms with E-state index >= 15 is 0 Å².